The topological polar surface area (TPSA) is 38.7 Å². The van der Waals surface area contributed by atoms with E-state index in [1.54, 1.807) is 0 Å². The van der Waals surface area contributed by atoms with Crippen LogP contribution in [0, 0.1) is 0 Å². The van der Waals surface area contributed by atoms with Gasteiger partial charge in [0.05, 0.1) is 13.2 Å². The van der Waals surface area contributed by atoms with Crippen molar-refractivity contribution in [3.8, 4) is 0 Å². The molecule has 0 atom stereocenters. The number of aliphatic hydroxyl groups is 1. The first-order valence-electron chi connectivity index (χ1n) is 10.2. The van der Waals surface area contributed by atoms with Crippen LogP contribution in [0.5, 0.6) is 0 Å². The lowest BCUT2D eigenvalue weighted by Gasteiger charge is -2.27. The van der Waals surface area contributed by atoms with Gasteiger partial charge in [0.1, 0.15) is 0 Å². The molecule has 1 saturated heterocycles. The van der Waals surface area contributed by atoms with Crippen molar-refractivity contribution < 1.29 is 14.6 Å². The first kappa shape index (κ1) is 20.9. The Hall–Kier alpha value is -0.120. The summed E-state index contributed by atoms with van der Waals surface area (Å²) < 4.78 is 11.9. The third kappa shape index (κ3) is 10.4. The van der Waals surface area contributed by atoms with E-state index in [9.17, 15) is 0 Å². The molecule has 1 heterocycles. The fourth-order valence-electron chi connectivity index (χ4n) is 3.48. The molecule has 0 saturated carbocycles. The van der Waals surface area contributed by atoms with Crippen LogP contribution in [0.15, 0.2) is 0 Å². The van der Waals surface area contributed by atoms with Crippen LogP contribution in [-0.2, 0) is 9.47 Å². The van der Waals surface area contributed by atoms with Crippen LogP contribution in [0.3, 0.4) is 0 Å². The Balaban J connectivity index is 2.02. The van der Waals surface area contributed by atoms with E-state index in [2.05, 4.69) is 6.92 Å². The summed E-state index contributed by atoms with van der Waals surface area (Å²) in [6.45, 7) is 4.11. The summed E-state index contributed by atoms with van der Waals surface area (Å²) in [5.41, 5.74) is 0. The van der Waals surface area contributed by atoms with Gasteiger partial charge in [-0.2, -0.15) is 0 Å². The first-order chi connectivity index (χ1) is 11.3. The smallest absolute Gasteiger partial charge is 0.168 e. The zero-order valence-electron chi connectivity index (χ0n) is 15.5. The average molecular weight is 329 g/mol. The van der Waals surface area contributed by atoms with Gasteiger partial charge in [-0.25, -0.2) is 0 Å². The van der Waals surface area contributed by atoms with Crippen LogP contribution in [0.25, 0.3) is 0 Å². The fraction of sp³-hybridized carbons (Fsp3) is 1.00. The SMILES string of the molecule is CCCCCCCCCCCC1(CCCCCCO)OCCO1. The predicted molar refractivity (Wildman–Crippen MR) is 96.6 cm³/mol. The van der Waals surface area contributed by atoms with Crippen molar-refractivity contribution in [3.05, 3.63) is 0 Å². The van der Waals surface area contributed by atoms with Crippen molar-refractivity contribution in [2.75, 3.05) is 19.8 Å². The predicted octanol–water partition coefficient (Wildman–Crippen LogP) is 5.59. The van der Waals surface area contributed by atoms with Gasteiger partial charge in [-0.3, -0.25) is 0 Å². The number of hydrogen-bond acceptors (Lipinski definition) is 3. The van der Waals surface area contributed by atoms with Crippen molar-refractivity contribution in [1.29, 1.82) is 0 Å². The molecular formula is C20H40O3. The van der Waals surface area contributed by atoms with E-state index < -0.39 is 0 Å². The Bertz CT molecular complexity index is 249. The molecule has 1 aliphatic heterocycles. The molecule has 0 aromatic carbocycles. The number of rotatable bonds is 16. The second kappa shape index (κ2) is 14.2. The van der Waals surface area contributed by atoms with Gasteiger partial charge in [0, 0.05) is 19.4 Å². The maximum absolute atomic E-state index is 8.83. The average Bonchev–Trinajstić information content (AvgIpc) is 3.02. The Morgan fingerprint density at radius 3 is 1.57 bits per heavy atom. The standard InChI is InChI=1S/C20H40O3/c1-2-3-4-5-6-7-8-9-12-15-20(22-18-19-23-20)16-13-10-11-14-17-21/h21H,2-19H2,1H3. The molecule has 0 unspecified atom stereocenters. The van der Waals surface area contributed by atoms with Crippen LogP contribution in [-0.4, -0.2) is 30.7 Å². The molecule has 0 bridgehead atoms. The maximum Gasteiger partial charge on any atom is 0.168 e. The van der Waals surface area contributed by atoms with Crippen molar-refractivity contribution in [3.63, 3.8) is 0 Å². The molecule has 1 fully saturated rings. The summed E-state index contributed by atoms with van der Waals surface area (Å²) in [5.74, 6) is -0.277. The second-order valence-corrected chi connectivity index (χ2v) is 7.07. The van der Waals surface area contributed by atoms with E-state index in [4.69, 9.17) is 14.6 Å². The summed E-state index contributed by atoms with van der Waals surface area (Å²) in [6.07, 6.45) is 18.7. The fourth-order valence-corrected chi connectivity index (χ4v) is 3.48. The van der Waals surface area contributed by atoms with E-state index in [1.165, 1.54) is 64.2 Å². The Morgan fingerprint density at radius 1 is 0.652 bits per heavy atom. The van der Waals surface area contributed by atoms with E-state index in [-0.39, 0.29) is 5.79 Å². The first-order valence-corrected chi connectivity index (χ1v) is 10.2. The molecule has 138 valence electrons. The Kier molecular flexibility index (Phi) is 13.0. The minimum Gasteiger partial charge on any atom is -0.396 e. The van der Waals surface area contributed by atoms with Gasteiger partial charge in [0.15, 0.2) is 5.79 Å². The summed E-state index contributed by atoms with van der Waals surface area (Å²) in [7, 11) is 0. The Morgan fingerprint density at radius 2 is 1.09 bits per heavy atom. The van der Waals surface area contributed by atoms with Crippen molar-refractivity contribution >= 4 is 0 Å². The summed E-state index contributed by atoms with van der Waals surface area (Å²) in [6, 6.07) is 0. The van der Waals surface area contributed by atoms with Gasteiger partial charge in [0.25, 0.3) is 0 Å². The van der Waals surface area contributed by atoms with Crippen molar-refractivity contribution in [1.82, 2.24) is 0 Å². The minimum atomic E-state index is -0.277. The number of aliphatic hydroxyl groups excluding tert-OH is 1. The molecule has 0 spiro atoms. The van der Waals surface area contributed by atoms with Crippen LogP contribution >= 0.6 is 0 Å². The molecule has 3 nitrogen and oxygen atoms in total. The van der Waals surface area contributed by atoms with Gasteiger partial charge >= 0.3 is 0 Å². The monoisotopic (exact) mass is 328 g/mol. The third-order valence-electron chi connectivity index (χ3n) is 4.94. The molecule has 1 aliphatic rings. The van der Waals surface area contributed by atoms with Gasteiger partial charge in [-0.15, -0.1) is 0 Å². The number of unbranched alkanes of at least 4 members (excludes halogenated alkanes) is 11. The maximum atomic E-state index is 8.83. The van der Waals surface area contributed by atoms with Crippen molar-refractivity contribution in [2.45, 2.75) is 109 Å². The molecule has 1 rings (SSSR count). The molecule has 0 amide bonds. The highest BCUT2D eigenvalue weighted by atomic mass is 16.7. The lowest BCUT2D eigenvalue weighted by atomic mass is 9.99. The van der Waals surface area contributed by atoms with Crippen LogP contribution in [0.4, 0.5) is 0 Å². The van der Waals surface area contributed by atoms with E-state index >= 15 is 0 Å². The number of hydrogen-bond donors (Lipinski definition) is 1. The zero-order valence-corrected chi connectivity index (χ0v) is 15.5. The molecule has 0 aromatic heterocycles. The number of ether oxygens (including phenoxy) is 2. The van der Waals surface area contributed by atoms with E-state index in [0.29, 0.717) is 6.61 Å². The van der Waals surface area contributed by atoms with Gasteiger partial charge in [-0.05, 0) is 19.3 Å². The highest BCUT2D eigenvalue weighted by Gasteiger charge is 2.34. The largest absolute Gasteiger partial charge is 0.396 e. The highest BCUT2D eigenvalue weighted by molar-refractivity contribution is 4.74. The lowest BCUT2D eigenvalue weighted by molar-refractivity contribution is -0.168. The minimum absolute atomic E-state index is 0.277. The molecule has 3 heteroatoms. The normalized spacial score (nSPS) is 17.0. The second-order valence-electron chi connectivity index (χ2n) is 7.07. The molecule has 1 N–H and O–H groups in total. The van der Waals surface area contributed by atoms with Crippen LogP contribution in [0.1, 0.15) is 103 Å². The summed E-state index contributed by atoms with van der Waals surface area (Å²) >= 11 is 0. The third-order valence-corrected chi connectivity index (χ3v) is 4.94. The van der Waals surface area contributed by atoms with E-state index in [1.807, 2.05) is 0 Å². The van der Waals surface area contributed by atoms with Gasteiger partial charge in [-0.1, -0.05) is 71.1 Å². The lowest BCUT2D eigenvalue weighted by Crippen LogP contribution is -2.30. The quantitative estimate of drug-likeness (QED) is 0.375. The highest BCUT2D eigenvalue weighted by Crippen LogP contribution is 2.31. The van der Waals surface area contributed by atoms with Crippen molar-refractivity contribution in [2.24, 2.45) is 0 Å². The molecule has 0 aromatic rings. The molecular weight excluding hydrogens is 288 g/mol. The molecule has 0 aliphatic carbocycles. The summed E-state index contributed by atoms with van der Waals surface area (Å²) in [5, 5.41) is 8.83. The molecule has 0 radical (unpaired) electrons. The van der Waals surface area contributed by atoms with E-state index in [0.717, 1.165) is 45.3 Å². The Labute approximate surface area is 144 Å². The zero-order chi connectivity index (χ0) is 16.6. The van der Waals surface area contributed by atoms with Crippen LogP contribution < -0.4 is 0 Å². The molecule has 23 heavy (non-hydrogen) atoms. The van der Waals surface area contributed by atoms with Crippen LogP contribution in [0.2, 0.25) is 0 Å². The summed E-state index contributed by atoms with van der Waals surface area (Å²) in [4.78, 5) is 0. The van der Waals surface area contributed by atoms with Gasteiger partial charge < -0.3 is 14.6 Å². The van der Waals surface area contributed by atoms with Gasteiger partial charge in [0.2, 0.25) is 0 Å².